The smallest absolute Gasteiger partial charge is 0.124 e. The molecule has 0 aliphatic rings. The molecule has 0 aromatic heterocycles. The molecule has 0 spiro atoms. The van der Waals surface area contributed by atoms with E-state index in [-0.39, 0.29) is 6.10 Å². The van der Waals surface area contributed by atoms with E-state index in [1.165, 1.54) is 0 Å². The number of nitrogens with zero attached hydrogens (tertiary/aromatic N) is 1. The number of benzene rings is 1. The Hall–Kier alpha value is -1.32. The van der Waals surface area contributed by atoms with Gasteiger partial charge in [-0.15, -0.1) is 0 Å². The van der Waals surface area contributed by atoms with Crippen LogP contribution in [0, 0.1) is 0 Å². The van der Waals surface area contributed by atoms with Crippen LogP contribution in [0.15, 0.2) is 36.9 Å². The molecule has 3 nitrogen and oxygen atoms in total. The summed E-state index contributed by atoms with van der Waals surface area (Å²) < 4.78 is 5.62. The van der Waals surface area contributed by atoms with Crippen LogP contribution in [-0.4, -0.2) is 36.3 Å². The molecule has 1 N–H and O–H groups in total. The molecule has 100 valence electrons. The van der Waals surface area contributed by atoms with E-state index in [0.29, 0.717) is 6.61 Å². The van der Waals surface area contributed by atoms with Gasteiger partial charge in [0.2, 0.25) is 0 Å². The molecule has 1 aromatic rings. The number of hydrogen-bond donors (Lipinski definition) is 1. The quantitative estimate of drug-likeness (QED) is 0.718. The fourth-order valence-corrected chi connectivity index (χ4v) is 1.70. The molecule has 1 unspecified atom stereocenters. The standard InChI is InChI=1S/C15H23NO2/c1-4-11-18-15-8-6-5-7-14(15)12-16(3)10-9-13(2)17/h4-8,13,17H,1,9-12H2,2-3H3. The number of hydrogen-bond acceptors (Lipinski definition) is 3. The van der Waals surface area contributed by atoms with Gasteiger partial charge in [0.1, 0.15) is 12.4 Å². The van der Waals surface area contributed by atoms with Crippen molar-refractivity contribution >= 4 is 0 Å². The monoisotopic (exact) mass is 249 g/mol. The lowest BCUT2D eigenvalue weighted by atomic mass is 10.2. The van der Waals surface area contributed by atoms with Crippen molar-refractivity contribution in [3.8, 4) is 5.75 Å². The minimum Gasteiger partial charge on any atom is -0.489 e. The van der Waals surface area contributed by atoms with Crippen LogP contribution in [-0.2, 0) is 6.54 Å². The summed E-state index contributed by atoms with van der Waals surface area (Å²) in [5.41, 5.74) is 1.16. The minimum atomic E-state index is -0.250. The van der Waals surface area contributed by atoms with Crippen molar-refractivity contribution in [2.45, 2.75) is 26.0 Å². The second-order valence-electron chi connectivity index (χ2n) is 4.58. The van der Waals surface area contributed by atoms with Gasteiger partial charge >= 0.3 is 0 Å². The Balaban J connectivity index is 2.56. The van der Waals surface area contributed by atoms with Crippen molar-refractivity contribution in [2.24, 2.45) is 0 Å². The molecule has 0 fully saturated rings. The molecule has 1 aromatic carbocycles. The summed E-state index contributed by atoms with van der Waals surface area (Å²) in [7, 11) is 2.05. The Bertz CT molecular complexity index is 363. The average Bonchev–Trinajstić information content (AvgIpc) is 2.35. The van der Waals surface area contributed by atoms with Crippen LogP contribution in [0.5, 0.6) is 5.75 Å². The molecule has 0 aliphatic heterocycles. The topological polar surface area (TPSA) is 32.7 Å². The van der Waals surface area contributed by atoms with E-state index in [1.807, 2.05) is 32.2 Å². The third-order valence-corrected chi connectivity index (χ3v) is 2.70. The highest BCUT2D eigenvalue weighted by Crippen LogP contribution is 2.19. The summed E-state index contributed by atoms with van der Waals surface area (Å²) in [5.74, 6) is 0.904. The lowest BCUT2D eigenvalue weighted by molar-refractivity contribution is 0.162. The highest BCUT2D eigenvalue weighted by molar-refractivity contribution is 5.33. The van der Waals surface area contributed by atoms with Gasteiger partial charge in [-0.05, 0) is 26.5 Å². The van der Waals surface area contributed by atoms with Gasteiger partial charge in [-0.25, -0.2) is 0 Å². The second kappa shape index (κ2) is 7.90. The first-order chi connectivity index (χ1) is 8.63. The van der Waals surface area contributed by atoms with Crippen molar-refractivity contribution in [2.75, 3.05) is 20.2 Å². The van der Waals surface area contributed by atoms with Crippen LogP contribution in [0.1, 0.15) is 18.9 Å². The zero-order valence-corrected chi connectivity index (χ0v) is 11.3. The number of aliphatic hydroxyl groups excluding tert-OH is 1. The highest BCUT2D eigenvalue weighted by atomic mass is 16.5. The van der Waals surface area contributed by atoms with E-state index in [9.17, 15) is 5.11 Å². The summed E-state index contributed by atoms with van der Waals surface area (Å²) in [5, 5.41) is 9.28. The summed E-state index contributed by atoms with van der Waals surface area (Å²) in [6.07, 6.45) is 2.28. The van der Waals surface area contributed by atoms with Crippen LogP contribution >= 0.6 is 0 Å². The van der Waals surface area contributed by atoms with Crippen LogP contribution in [0.3, 0.4) is 0 Å². The molecular weight excluding hydrogens is 226 g/mol. The van der Waals surface area contributed by atoms with E-state index in [1.54, 1.807) is 6.08 Å². The Morgan fingerprint density at radius 3 is 2.83 bits per heavy atom. The zero-order valence-electron chi connectivity index (χ0n) is 11.3. The lowest BCUT2D eigenvalue weighted by Gasteiger charge is -2.19. The Morgan fingerprint density at radius 2 is 2.17 bits per heavy atom. The molecule has 0 amide bonds. The van der Waals surface area contributed by atoms with Gasteiger partial charge in [-0.3, -0.25) is 0 Å². The van der Waals surface area contributed by atoms with Crippen LogP contribution < -0.4 is 4.74 Å². The largest absolute Gasteiger partial charge is 0.489 e. The molecular formula is C15H23NO2. The first-order valence-electron chi connectivity index (χ1n) is 6.31. The Morgan fingerprint density at radius 1 is 1.44 bits per heavy atom. The van der Waals surface area contributed by atoms with Crippen molar-refractivity contribution in [1.29, 1.82) is 0 Å². The number of para-hydroxylation sites is 1. The average molecular weight is 249 g/mol. The zero-order chi connectivity index (χ0) is 13.4. The highest BCUT2D eigenvalue weighted by Gasteiger charge is 2.07. The van der Waals surface area contributed by atoms with Gasteiger partial charge in [0.05, 0.1) is 6.10 Å². The number of aliphatic hydroxyl groups is 1. The van der Waals surface area contributed by atoms with E-state index < -0.39 is 0 Å². The first kappa shape index (κ1) is 14.7. The van der Waals surface area contributed by atoms with E-state index >= 15 is 0 Å². The molecule has 1 atom stereocenters. The third-order valence-electron chi connectivity index (χ3n) is 2.70. The van der Waals surface area contributed by atoms with Crippen molar-refractivity contribution in [3.63, 3.8) is 0 Å². The van der Waals surface area contributed by atoms with Crippen molar-refractivity contribution in [3.05, 3.63) is 42.5 Å². The van der Waals surface area contributed by atoms with Crippen molar-refractivity contribution in [1.82, 2.24) is 4.90 Å². The van der Waals surface area contributed by atoms with E-state index in [2.05, 4.69) is 17.5 Å². The predicted octanol–water partition coefficient (Wildman–Crippen LogP) is 2.45. The van der Waals surface area contributed by atoms with Crippen LogP contribution in [0.4, 0.5) is 0 Å². The maximum absolute atomic E-state index is 9.28. The van der Waals surface area contributed by atoms with Gasteiger partial charge in [-0.1, -0.05) is 30.9 Å². The Kier molecular flexibility index (Phi) is 6.47. The van der Waals surface area contributed by atoms with Crippen molar-refractivity contribution < 1.29 is 9.84 Å². The van der Waals surface area contributed by atoms with E-state index in [4.69, 9.17) is 4.74 Å². The normalized spacial score (nSPS) is 12.4. The molecule has 0 saturated heterocycles. The van der Waals surface area contributed by atoms with Crippen LogP contribution in [0.25, 0.3) is 0 Å². The molecule has 0 aliphatic carbocycles. The Labute approximate surface area is 110 Å². The maximum Gasteiger partial charge on any atom is 0.124 e. The lowest BCUT2D eigenvalue weighted by Crippen LogP contribution is -2.22. The number of rotatable bonds is 8. The molecule has 0 saturated carbocycles. The first-order valence-corrected chi connectivity index (χ1v) is 6.31. The molecule has 3 heteroatoms. The maximum atomic E-state index is 9.28. The fourth-order valence-electron chi connectivity index (χ4n) is 1.70. The summed E-state index contributed by atoms with van der Waals surface area (Å²) in [4.78, 5) is 2.18. The fraction of sp³-hybridized carbons (Fsp3) is 0.467. The molecule has 1 rings (SSSR count). The number of ether oxygens (including phenoxy) is 1. The molecule has 0 bridgehead atoms. The van der Waals surface area contributed by atoms with Crippen LogP contribution in [0.2, 0.25) is 0 Å². The van der Waals surface area contributed by atoms with Gasteiger partial charge in [0.15, 0.2) is 0 Å². The molecule has 0 radical (unpaired) electrons. The summed E-state index contributed by atoms with van der Waals surface area (Å²) >= 11 is 0. The second-order valence-corrected chi connectivity index (χ2v) is 4.58. The summed E-state index contributed by atoms with van der Waals surface area (Å²) in [6.45, 7) is 7.68. The van der Waals surface area contributed by atoms with Gasteiger partial charge < -0.3 is 14.7 Å². The summed E-state index contributed by atoms with van der Waals surface area (Å²) in [6, 6.07) is 8.02. The van der Waals surface area contributed by atoms with Gasteiger partial charge in [0, 0.05) is 18.7 Å². The molecule has 0 heterocycles. The minimum absolute atomic E-state index is 0.250. The predicted molar refractivity (Wildman–Crippen MR) is 74.8 cm³/mol. The molecule has 18 heavy (non-hydrogen) atoms. The van der Waals surface area contributed by atoms with Gasteiger partial charge in [-0.2, -0.15) is 0 Å². The van der Waals surface area contributed by atoms with E-state index in [0.717, 1.165) is 30.8 Å². The van der Waals surface area contributed by atoms with Gasteiger partial charge in [0.25, 0.3) is 0 Å². The third kappa shape index (κ3) is 5.34. The SMILES string of the molecule is C=CCOc1ccccc1CN(C)CCC(C)O.